The Bertz CT molecular complexity index is 284. The van der Waals surface area contributed by atoms with E-state index in [9.17, 15) is 9.90 Å². The van der Waals surface area contributed by atoms with Gasteiger partial charge in [0.1, 0.15) is 0 Å². The predicted octanol–water partition coefficient (Wildman–Crippen LogP) is 1.63. The molecule has 0 aliphatic carbocycles. The summed E-state index contributed by atoms with van der Waals surface area (Å²) in [5, 5.41) is 12.9. The molecule has 19 heavy (non-hydrogen) atoms. The van der Waals surface area contributed by atoms with E-state index in [1.165, 1.54) is 12.8 Å². The third-order valence-electron chi connectivity index (χ3n) is 4.34. The van der Waals surface area contributed by atoms with Crippen LogP contribution >= 0.6 is 0 Å². The summed E-state index contributed by atoms with van der Waals surface area (Å²) in [6, 6.07) is 0. The second-order valence-corrected chi connectivity index (χ2v) is 6.58. The molecule has 1 heterocycles. The van der Waals surface area contributed by atoms with E-state index in [0.29, 0.717) is 13.1 Å². The summed E-state index contributed by atoms with van der Waals surface area (Å²) in [4.78, 5) is 14.2. The summed E-state index contributed by atoms with van der Waals surface area (Å²) in [6.45, 7) is 11.3. The molecule has 1 saturated heterocycles. The maximum absolute atomic E-state index is 11.9. The molecule has 0 aromatic heterocycles. The highest BCUT2D eigenvalue weighted by atomic mass is 16.3. The van der Waals surface area contributed by atoms with E-state index in [4.69, 9.17) is 0 Å². The minimum atomic E-state index is -0.468. The van der Waals surface area contributed by atoms with Crippen LogP contribution in [0.4, 0.5) is 0 Å². The fourth-order valence-electron chi connectivity index (χ4n) is 2.22. The van der Waals surface area contributed by atoms with Crippen LogP contribution in [0, 0.1) is 11.3 Å². The lowest BCUT2D eigenvalue weighted by molar-refractivity contribution is -0.130. The van der Waals surface area contributed by atoms with Crippen molar-refractivity contribution in [3.8, 4) is 0 Å². The first-order valence-corrected chi connectivity index (χ1v) is 7.54. The van der Waals surface area contributed by atoms with Gasteiger partial charge >= 0.3 is 0 Å². The summed E-state index contributed by atoms with van der Waals surface area (Å²) in [6.07, 6.45) is 2.76. The molecule has 0 aromatic carbocycles. The van der Waals surface area contributed by atoms with E-state index in [1.54, 1.807) is 0 Å². The van der Waals surface area contributed by atoms with Crippen LogP contribution in [0.2, 0.25) is 0 Å². The highest BCUT2D eigenvalue weighted by molar-refractivity contribution is 5.81. The van der Waals surface area contributed by atoms with Crippen molar-refractivity contribution >= 4 is 5.91 Å². The second kappa shape index (κ2) is 7.25. The van der Waals surface area contributed by atoms with Gasteiger partial charge in [-0.25, -0.2) is 0 Å². The maximum atomic E-state index is 11.9. The number of piperidine rings is 1. The number of aliphatic hydroxyl groups is 1. The van der Waals surface area contributed by atoms with Crippen LogP contribution in [0.1, 0.15) is 47.0 Å². The fourth-order valence-corrected chi connectivity index (χ4v) is 2.22. The highest BCUT2D eigenvalue weighted by Gasteiger charge is 2.26. The zero-order valence-corrected chi connectivity index (χ0v) is 12.9. The van der Waals surface area contributed by atoms with Crippen LogP contribution in [0.15, 0.2) is 0 Å². The molecule has 0 aromatic rings. The van der Waals surface area contributed by atoms with E-state index >= 15 is 0 Å². The Morgan fingerprint density at radius 2 is 2.00 bits per heavy atom. The molecule has 1 aliphatic heterocycles. The number of hydrogen-bond acceptors (Lipinski definition) is 3. The first kappa shape index (κ1) is 16.4. The van der Waals surface area contributed by atoms with Gasteiger partial charge in [-0.15, -0.1) is 0 Å². The Balaban J connectivity index is 2.24. The number of nitrogens with zero attached hydrogens (tertiary/aromatic N) is 1. The van der Waals surface area contributed by atoms with Crippen molar-refractivity contribution in [3.05, 3.63) is 0 Å². The van der Waals surface area contributed by atoms with Gasteiger partial charge in [0.25, 0.3) is 0 Å². The minimum Gasteiger partial charge on any atom is -0.390 e. The SMILES string of the molecule is CCC(C)(C)C(=O)NCC(O)CN1CCC(C)CC1. The lowest BCUT2D eigenvalue weighted by Crippen LogP contribution is -2.45. The van der Waals surface area contributed by atoms with Gasteiger partial charge < -0.3 is 15.3 Å². The van der Waals surface area contributed by atoms with Crippen LogP contribution in [-0.4, -0.2) is 48.2 Å². The van der Waals surface area contributed by atoms with Gasteiger partial charge in [0.15, 0.2) is 0 Å². The number of aliphatic hydroxyl groups excluding tert-OH is 1. The van der Waals surface area contributed by atoms with Gasteiger partial charge in [-0.2, -0.15) is 0 Å². The topological polar surface area (TPSA) is 52.6 Å². The first-order chi connectivity index (χ1) is 8.85. The Morgan fingerprint density at radius 3 is 2.53 bits per heavy atom. The van der Waals surface area contributed by atoms with Gasteiger partial charge in [-0.3, -0.25) is 4.79 Å². The molecule has 2 N–H and O–H groups in total. The van der Waals surface area contributed by atoms with E-state index < -0.39 is 6.10 Å². The van der Waals surface area contributed by atoms with Gasteiger partial charge in [0.2, 0.25) is 5.91 Å². The molecular weight excluding hydrogens is 240 g/mol. The molecule has 4 heteroatoms. The molecule has 0 spiro atoms. The Kier molecular flexibility index (Phi) is 6.27. The van der Waals surface area contributed by atoms with Crippen molar-refractivity contribution in [3.63, 3.8) is 0 Å². The lowest BCUT2D eigenvalue weighted by atomic mass is 9.89. The maximum Gasteiger partial charge on any atom is 0.225 e. The van der Waals surface area contributed by atoms with Crippen LogP contribution < -0.4 is 5.32 Å². The Hall–Kier alpha value is -0.610. The quantitative estimate of drug-likeness (QED) is 0.771. The molecule has 4 nitrogen and oxygen atoms in total. The Labute approximate surface area is 117 Å². The monoisotopic (exact) mass is 270 g/mol. The van der Waals surface area contributed by atoms with E-state index in [1.807, 2.05) is 20.8 Å². The summed E-state index contributed by atoms with van der Waals surface area (Å²) < 4.78 is 0. The summed E-state index contributed by atoms with van der Waals surface area (Å²) >= 11 is 0. The van der Waals surface area contributed by atoms with E-state index in [-0.39, 0.29) is 11.3 Å². The summed E-state index contributed by atoms with van der Waals surface area (Å²) in [5.74, 6) is 0.833. The molecule has 1 unspecified atom stereocenters. The smallest absolute Gasteiger partial charge is 0.225 e. The zero-order valence-electron chi connectivity index (χ0n) is 12.9. The number of likely N-dealkylation sites (tertiary alicyclic amines) is 1. The number of carbonyl (C=O) groups excluding carboxylic acids is 1. The van der Waals surface area contributed by atoms with Crippen molar-refractivity contribution in [1.29, 1.82) is 0 Å². The Morgan fingerprint density at radius 1 is 1.42 bits per heavy atom. The lowest BCUT2D eigenvalue weighted by Gasteiger charge is -2.32. The molecule has 0 saturated carbocycles. The van der Waals surface area contributed by atoms with Crippen molar-refractivity contribution in [2.45, 2.75) is 53.1 Å². The van der Waals surface area contributed by atoms with Gasteiger partial charge in [0, 0.05) is 18.5 Å². The minimum absolute atomic E-state index is 0.0290. The average Bonchev–Trinajstić information content (AvgIpc) is 2.38. The van der Waals surface area contributed by atoms with Crippen LogP contribution in [-0.2, 0) is 4.79 Å². The normalized spacial score (nSPS) is 20.3. The number of nitrogens with one attached hydrogen (secondary N) is 1. The number of rotatable bonds is 6. The zero-order chi connectivity index (χ0) is 14.5. The predicted molar refractivity (Wildman–Crippen MR) is 77.9 cm³/mol. The summed E-state index contributed by atoms with van der Waals surface area (Å²) in [7, 11) is 0. The third kappa shape index (κ3) is 5.49. The first-order valence-electron chi connectivity index (χ1n) is 7.54. The van der Waals surface area contributed by atoms with Gasteiger partial charge in [-0.05, 0) is 38.3 Å². The fraction of sp³-hybridized carbons (Fsp3) is 0.933. The van der Waals surface area contributed by atoms with Crippen molar-refractivity contribution in [1.82, 2.24) is 10.2 Å². The number of hydrogen-bond donors (Lipinski definition) is 2. The van der Waals surface area contributed by atoms with Gasteiger partial charge in [-0.1, -0.05) is 27.7 Å². The van der Waals surface area contributed by atoms with E-state index in [0.717, 1.165) is 25.4 Å². The third-order valence-corrected chi connectivity index (χ3v) is 4.34. The molecule has 1 aliphatic rings. The van der Waals surface area contributed by atoms with Crippen molar-refractivity contribution in [2.75, 3.05) is 26.2 Å². The number of β-amino-alcohol motifs (C(OH)–C–C–N with tert-alkyl or cyclic N) is 1. The van der Waals surface area contributed by atoms with Crippen molar-refractivity contribution < 1.29 is 9.90 Å². The largest absolute Gasteiger partial charge is 0.390 e. The standard InChI is InChI=1S/C15H30N2O2/c1-5-15(3,4)14(19)16-10-13(18)11-17-8-6-12(2)7-9-17/h12-13,18H,5-11H2,1-4H3,(H,16,19). The van der Waals surface area contributed by atoms with Crippen LogP contribution in [0.5, 0.6) is 0 Å². The molecular formula is C15H30N2O2. The van der Waals surface area contributed by atoms with Crippen molar-refractivity contribution in [2.24, 2.45) is 11.3 Å². The van der Waals surface area contributed by atoms with E-state index in [2.05, 4.69) is 17.1 Å². The number of amides is 1. The highest BCUT2D eigenvalue weighted by Crippen LogP contribution is 2.19. The second-order valence-electron chi connectivity index (χ2n) is 6.58. The molecule has 1 fully saturated rings. The molecule has 1 atom stereocenters. The molecule has 1 rings (SSSR count). The average molecular weight is 270 g/mol. The number of carbonyl (C=O) groups is 1. The van der Waals surface area contributed by atoms with Crippen LogP contribution in [0.25, 0.3) is 0 Å². The summed E-state index contributed by atoms with van der Waals surface area (Å²) in [5.41, 5.74) is -0.347. The molecule has 0 bridgehead atoms. The van der Waals surface area contributed by atoms with Crippen LogP contribution in [0.3, 0.4) is 0 Å². The molecule has 1 amide bonds. The molecule has 0 radical (unpaired) electrons. The van der Waals surface area contributed by atoms with Gasteiger partial charge in [0.05, 0.1) is 6.10 Å². The molecule has 112 valence electrons.